The Kier molecular flexibility index (Phi) is 3.56. The molecule has 3 rings (SSSR count). The number of nitrogens with zero attached hydrogens (tertiary/aromatic N) is 5. The zero-order valence-electron chi connectivity index (χ0n) is 11.3. The average molecular weight is 268 g/mol. The second kappa shape index (κ2) is 5.66. The summed E-state index contributed by atoms with van der Waals surface area (Å²) in [5.74, 6) is 0.825. The Morgan fingerprint density at radius 2 is 2.00 bits per heavy atom. The molecule has 0 aliphatic carbocycles. The van der Waals surface area contributed by atoms with E-state index >= 15 is 0 Å². The Morgan fingerprint density at radius 1 is 1.10 bits per heavy atom. The molecule has 0 aliphatic heterocycles. The number of aromatic nitrogens is 5. The highest BCUT2D eigenvalue weighted by atomic mass is 15.3. The smallest absolute Gasteiger partial charge is 0.153 e. The molecule has 0 aliphatic rings. The number of rotatable bonds is 5. The first-order valence-electron chi connectivity index (χ1n) is 6.44. The number of pyridine rings is 1. The van der Waals surface area contributed by atoms with E-state index in [0.717, 1.165) is 24.5 Å². The van der Waals surface area contributed by atoms with Gasteiger partial charge >= 0.3 is 0 Å². The third-order valence-corrected chi connectivity index (χ3v) is 2.96. The molecule has 0 spiro atoms. The second-order valence-corrected chi connectivity index (χ2v) is 4.60. The number of aryl methyl sites for hydroxylation is 1. The van der Waals surface area contributed by atoms with Crippen molar-refractivity contribution in [3.63, 3.8) is 0 Å². The molecular formula is C14H16N6. The molecule has 0 aromatic carbocycles. The minimum atomic E-state index is 0.779. The van der Waals surface area contributed by atoms with Crippen LogP contribution < -0.4 is 5.32 Å². The van der Waals surface area contributed by atoms with Gasteiger partial charge in [-0.15, -0.1) is 0 Å². The summed E-state index contributed by atoms with van der Waals surface area (Å²) >= 11 is 0. The van der Waals surface area contributed by atoms with E-state index in [-0.39, 0.29) is 0 Å². The summed E-state index contributed by atoms with van der Waals surface area (Å²) in [4.78, 5) is 4.39. The highest BCUT2D eigenvalue weighted by Crippen LogP contribution is 2.05. The van der Waals surface area contributed by atoms with E-state index in [1.807, 2.05) is 44.0 Å². The van der Waals surface area contributed by atoms with Crippen molar-refractivity contribution in [3.8, 4) is 5.82 Å². The fourth-order valence-corrected chi connectivity index (χ4v) is 1.98. The first kappa shape index (κ1) is 12.6. The van der Waals surface area contributed by atoms with Crippen molar-refractivity contribution in [1.82, 2.24) is 29.9 Å². The maximum absolute atomic E-state index is 4.39. The monoisotopic (exact) mass is 268 g/mol. The van der Waals surface area contributed by atoms with E-state index in [9.17, 15) is 0 Å². The van der Waals surface area contributed by atoms with Gasteiger partial charge in [0.25, 0.3) is 0 Å². The third kappa shape index (κ3) is 2.92. The maximum atomic E-state index is 4.39. The van der Waals surface area contributed by atoms with Crippen molar-refractivity contribution in [2.75, 3.05) is 0 Å². The van der Waals surface area contributed by atoms with Gasteiger partial charge in [0, 0.05) is 50.5 Å². The lowest BCUT2D eigenvalue weighted by Crippen LogP contribution is -2.12. The second-order valence-electron chi connectivity index (χ2n) is 4.60. The van der Waals surface area contributed by atoms with Crippen LogP contribution in [0.1, 0.15) is 11.1 Å². The van der Waals surface area contributed by atoms with E-state index in [1.165, 1.54) is 5.56 Å². The van der Waals surface area contributed by atoms with Gasteiger partial charge in [0.2, 0.25) is 0 Å². The minimum absolute atomic E-state index is 0.779. The molecular weight excluding hydrogens is 252 g/mol. The van der Waals surface area contributed by atoms with Crippen LogP contribution in [0.25, 0.3) is 5.82 Å². The van der Waals surface area contributed by atoms with Crippen molar-refractivity contribution in [2.24, 2.45) is 7.05 Å². The highest BCUT2D eigenvalue weighted by molar-refractivity contribution is 5.24. The summed E-state index contributed by atoms with van der Waals surface area (Å²) in [7, 11) is 1.92. The molecule has 3 heterocycles. The third-order valence-electron chi connectivity index (χ3n) is 2.96. The highest BCUT2D eigenvalue weighted by Gasteiger charge is 1.99. The Morgan fingerprint density at radius 3 is 2.65 bits per heavy atom. The largest absolute Gasteiger partial charge is 0.308 e. The molecule has 20 heavy (non-hydrogen) atoms. The van der Waals surface area contributed by atoms with E-state index in [0.29, 0.717) is 0 Å². The van der Waals surface area contributed by atoms with Crippen molar-refractivity contribution in [2.45, 2.75) is 13.1 Å². The summed E-state index contributed by atoms with van der Waals surface area (Å²) in [6.07, 6.45) is 9.36. The summed E-state index contributed by atoms with van der Waals surface area (Å²) < 4.78 is 3.55. The number of hydrogen-bond acceptors (Lipinski definition) is 4. The maximum Gasteiger partial charge on any atom is 0.153 e. The summed E-state index contributed by atoms with van der Waals surface area (Å²) in [6, 6.07) is 5.90. The van der Waals surface area contributed by atoms with Crippen molar-refractivity contribution in [3.05, 3.63) is 60.3 Å². The minimum Gasteiger partial charge on any atom is -0.308 e. The molecule has 0 amide bonds. The molecule has 0 unspecified atom stereocenters. The Labute approximate surface area is 117 Å². The van der Waals surface area contributed by atoms with E-state index in [1.54, 1.807) is 15.6 Å². The van der Waals surface area contributed by atoms with Gasteiger partial charge in [0.15, 0.2) is 5.82 Å². The molecule has 102 valence electrons. The van der Waals surface area contributed by atoms with Crippen LogP contribution in [0.2, 0.25) is 0 Å². The Bertz CT molecular complexity index is 653. The summed E-state index contributed by atoms with van der Waals surface area (Å²) in [5.41, 5.74) is 2.32. The average Bonchev–Trinajstić information content (AvgIpc) is 3.11. The molecule has 3 aromatic heterocycles. The fraction of sp³-hybridized carbons (Fsp3) is 0.214. The zero-order valence-corrected chi connectivity index (χ0v) is 11.3. The van der Waals surface area contributed by atoms with Gasteiger partial charge < -0.3 is 5.32 Å². The molecule has 0 fully saturated rings. The van der Waals surface area contributed by atoms with Crippen LogP contribution in [0.15, 0.2) is 49.2 Å². The predicted molar refractivity (Wildman–Crippen MR) is 75.1 cm³/mol. The predicted octanol–water partition coefficient (Wildman–Crippen LogP) is 1.29. The quantitative estimate of drug-likeness (QED) is 0.757. The van der Waals surface area contributed by atoms with Gasteiger partial charge in [-0.3, -0.25) is 4.68 Å². The molecule has 3 aromatic rings. The lowest BCUT2D eigenvalue weighted by atomic mass is 10.2. The van der Waals surface area contributed by atoms with Crippen LogP contribution >= 0.6 is 0 Å². The summed E-state index contributed by atoms with van der Waals surface area (Å²) in [6.45, 7) is 1.58. The SMILES string of the molecule is Cn1cc(CNCc2ccc(-n3cccn3)nc2)cn1. The number of hydrogen-bond donors (Lipinski definition) is 1. The van der Waals surface area contributed by atoms with Crippen LogP contribution in [0.4, 0.5) is 0 Å². The Balaban J connectivity index is 1.56. The topological polar surface area (TPSA) is 60.6 Å². The molecule has 1 N–H and O–H groups in total. The first-order chi connectivity index (χ1) is 9.81. The molecule has 0 atom stereocenters. The van der Waals surface area contributed by atoms with Gasteiger partial charge in [-0.1, -0.05) is 6.07 Å². The van der Waals surface area contributed by atoms with Crippen LogP contribution in [-0.2, 0) is 20.1 Å². The lowest BCUT2D eigenvalue weighted by molar-refractivity contribution is 0.689. The normalized spacial score (nSPS) is 10.8. The molecule has 0 saturated carbocycles. The molecule has 6 nitrogen and oxygen atoms in total. The molecule has 0 saturated heterocycles. The standard InChI is InChI=1S/C14H16N6/c1-19-11-13(10-18-19)8-15-7-12-3-4-14(16-9-12)20-6-2-5-17-20/h2-6,9-11,15H,7-8H2,1H3. The van der Waals surface area contributed by atoms with Crippen LogP contribution in [-0.4, -0.2) is 24.5 Å². The zero-order chi connectivity index (χ0) is 13.8. The van der Waals surface area contributed by atoms with Crippen molar-refractivity contribution in [1.29, 1.82) is 0 Å². The van der Waals surface area contributed by atoms with Gasteiger partial charge in [0.05, 0.1) is 6.20 Å². The van der Waals surface area contributed by atoms with Gasteiger partial charge in [-0.2, -0.15) is 10.2 Å². The van der Waals surface area contributed by atoms with Gasteiger partial charge in [0.1, 0.15) is 0 Å². The van der Waals surface area contributed by atoms with Crippen LogP contribution in [0.3, 0.4) is 0 Å². The molecule has 0 bridgehead atoms. The summed E-state index contributed by atoms with van der Waals surface area (Å²) in [5, 5.41) is 11.7. The van der Waals surface area contributed by atoms with Gasteiger partial charge in [-0.05, 0) is 17.7 Å². The van der Waals surface area contributed by atoms with E-state index in [4.69, 9.17) is 0 Å². The van der Waals surface area contributed by atoms with Crippen molar-refractivity contribution >= 4 is 0 Å². The van der Waals surface area contributed by atoms with Crippen LogP contribution in [0, 0.1) is 0 Å². The van der Waals surface area contributed by atoms with Crippen LogP contribution in [0.5, 0.6) is 0 Å². The van der Waals surface area contributed by atoms with E-state index < -0.39 is 0 Å². The fourth-order valence-electron chi connectivity index (χ4n) is 1.98. The molecule has 6 heteroatoms. The first-order valence-corrected chi connectivity index (χ1v) is 6.44. The van der Waals surface area contributed by atoms with E-state index in [2.05, 4.69) is 26.6 Å². The van der Waals surface area contributed by atoms with Crippen molar-refractivity contribution < 1.29 is 0 Å². The van der Waals surface area contributed by atoms with Gasteiger partial charge in [-0.25, -0.2) is 9.67 Å². The lowest BCUT2D eigenvalue weighted by Gasteiger charge is -2.04. The molecule has 0 radical (unpaired) electrons. The Hall–Kier alpha value is -2.47. The number of nitrogens with one attached hydrogen (secondary N) is 1.